The van der Waals surface area contributed by atoms with Crippen molar-refractivity contribution in [1.82, 2.24) is 5.32 Å². The molecule has 0 spiro atoms. The Morgan fingerprint density at radius 1 is 1.25 bits per heavy atom. The Kier molecular flexibility index (Phi) is 6.26. The van der Waals surface area contributed by atoms with Crippen LogP contribution in [-0.4, -0.2) is 49.4 Å². The van der Waals surface area contributed by atoms with Crippen molar-refractivity contribution >= 4 is 8.32 Å². The number of aliphatic hydroxyl groups is 2. The molecule has 1 aliphatic heterocycles. The summed E-state index contributed by atoms with van der Waals surface area (Å²) in [4.78, 5) is 0. The van der Waals surface area contributed by atoms with Crippen LogP contribution < -0.4 is 5.32 Å². The minimum atomic E-state index is -1.89. The maximum atomic E-state index is 10.1. The largest absolute Gasteiger partial charge is 0.412 e. The van der Waals surface area contributed by atoms with E-state index < -0.39 is 14.4 Å². The molecule has 1 aromatic carbocycles. The van der Waals surface area contributed by atoms with Crippen LogP contribution in [0.4, 0.5) is 0 Å². The van der Waals surface area contributed by atoms with Crippen LogP contribution in [0.15, 0.2) is 30.3 Å². The predicted molar refractivity (Wildman–Crippen MR) is 101 cm³/mol. The molecule has 1 heterocycles. The van der Waals surface area contributed by atoms with Crippen LogP contribution in [0.25, 0.3) is 0 Å². The van der Waals surface area contributed by atoms with Crippen molar-refractivity contribution < 1.29 is 14.6 Å². The lowest BCUT2D eigenvalue weighted by Gasteiger charge is -2.39. The van der Waals surface area contributed by atoms with Gasteiger partial charge in [0.25, 0.3) is 0 Å². The lowest BCUT2D eigenvalue weighted by molar-refractivity contribution is 0.0646. The summed E-state index contributed by atoms with van der Waals surface area (Å²) in [6.45, 7) is 11.0. The highest BCUT2D eigenvalue weighted by atomic mass is 28.4. The SMILES string of the molecule is CC(C)(C)[Si](C)(C)O[C@H]1C[C@@H]([C@@H](O)CO)N[C@H]1Cc1ccccc1. The van der Waals surface area contributed by atoms with E-state index in [1.807, 2.05) is 18.2 Å². The van der Waals surface area contributed by atoms with Gasteiger partial charge in [-0.25, -0.2) is 0 Å². The van der Waals surface area contributed by atoms with Gasteiger partial charge in [-0.15, -0.1) is 0 Å². The molecule has 2 rings (SSSR count). The first-order chi connectivity index (χ1) is 11.1. The van der Waals surface area contributed by atoms with Gasteiger partial charge < -0.3 is 20.0 Å². The zero-order chi connectivity index (χ0) is 18.0. The van der Waals surface area contributed by atoms with Crippen molar-refractivity contribution in [1.29, 1.82) is 0 Å². The van der Waals surface area contributed by atoms with E-state index >= 15 is 0 Å². The molecule has 1 aromatic rings. The molecular formula is C19H33NO3Si. The summed E-state index contributed by atoms with van der Waals surface area (Å²) in [5.41, 5.74) is 1.26. The molecule has 3 N–H and O–H groups in total. The van der Waals surface area contributed by atoms with Gasteiger partial charge in [0.1, 0.15) is 0 Å². The Labute approximate surface area is 147 Å². The van der Waals surface area contributed by atoms with Gasteiger partial charge in [-0.1, -0.05) is 51.1 Å². The van der Waals surface area contributed by atoms with Crippen LogP contribution in [0, 0.1) is 0 Å². The standard InChI is InChI=1S/C19H33NO3Si/c1-19(2,3)24(4,5)23-18-12-15(17(22)13-21)20-16(18)11-14-9-7-6-8-10-14/h6-10,15-18,20-22H,11-13H2,1-5H3/t15-,16-,17-,18-/m0/s1. The molecule has 1 saturated heterocycles. The maximum absolute atomic E-state index is 10.1. The summed E-state index contributed by atoms with van der Waals surface area (Å²) >= 11 is 0. The number of rotatable bonds is 6. The van der Waals surface area contributed by atoms with Gasteiger partial charge in [0.05, 0.1) is 18.8 Å². The Balaban J connectivity index is 2.14. The predicted octanol–water partition coefficient (Wildman–Crippen LogP) is 2.70. The van der Waals surface area contributed by atoms with Gasteiger partial charge in [0.2, 0.25) is 0 Å². The molecule has 0 unspecified atom stereocenters. The average Bonchev–Trinajstić information content (AvgIpc) is 2.88. The Bertz CT molecular complexity index is 515. The quantitative estimate of drug-likeness (QED) is 0.690. The van der Waals surface area contributed by atoms with E-state index in [4.69, 9.17) is 4.43 Å². The molecule has 0 saturated carbocycles. The highest BCUT2D eigenvalue weighted by Crippen LogP contribution is 2.39. The Morgan fingerprint density at radius 2 is 1.88 bits per heavy atom. The van der Waals surface area contributed by atoms with E-state index in [1.54, 1.807) is 0 Å². The zero-order valence-corrected chi connectivity index (χ0v) is 16.6. The van der Waals surface area contributed by atoms with E-state index in [-0.39, 0.29) is 29.8 Å². The zero-order valence-electron chi connectivity index (χ0n) is 15.6. The van der Waals surface area contributed by atoms with Crippen LogP contribution in [0.2, 0.25) is 18.1 Å². The lowest BCUT2D eigenvalue weighted by atomic mass is 10.0. The average molecular weight is 352 g/mol. The smallest absolute Gasteiger partial charge is 0.192 e. The number of hydrogen-bond acceptors (Lipinski definition) is 4. The van der Waals surface area contributed by atoms with Crippen molar-refractivity contribution in [3.05, 3.63) is 35.9 Å². The number of nitrogens with one attached hydrogen (secondary N) is 1. The first kappa shape index (κ1) is 19.6. The first-order valence-electron chi connectivity index (χ1n) is 8.91. The van der Waals surface area contributed by atoms with E-state index in [2.05, 4.69) is 51.3 Å². The lowest BCUT2D eigenvalue weighted by Crippen LogP contribution is -2.47. The fourth-order valence-electron chi connectivity index (χ4n) is 3.00. The minimum absolute atomic E-state index is 0.0669. The molecule has 24 heavy (non-hydrogen) atoms. The molecule has 0 aromatic heterocycles. The molecule has 1 aliphatic rings. The highest BCUT2D eigenvalue weighted by molar-refractivity contribution is 6.74. The molecular weight excluding hydrogens is 318 g/mol. The van der Waals surface area contributed by atoms with Gasteiger partial charge in [-0.2, -0.15) is 0 Å². The van der Waals surface area contributed by atoms with Crippen LogP contribution in [-0.2, 0) is 10.8 Å². The number of benzene rings is 1. The maximum Gasteiger partial charge on any atom is 0.192 e. The van der Waals surface area contributed by atoms with Gasteiger partial charge in [0.15, 0.2) is 8.32 Å². The third kappa shape index (κ3) is 4.67. The third-order valence-electron chi connectivity index (χ3n) is 5.57. The highest BCUT2D eigenvalue weighted by Gasteiger charge is 2.44. The molecule has 1 fully saturated rings. The van der Waals surface area contributed by atoms with Crippen LogP contribution in [0.5, 0.6) is 0 Å². The number of hydrogen-bond donors (Lipinski definition) is 3. The summed E-state index contributed by atoms with van der Waals surface area (Å²) in [5, 5.41) is 23.0. The first-order valence-corrected chi connectivity index (χ1v) is 11.8. The van der Waals surface area contributed by atoms with Crippen molar-refractivity contribution in [2.24, 2.45) is 0 Å². The summed E-state index contributed by atoms with van der Waals surface area (Å²) < 4.78 is 6.66. The van der Waals surface area contributed by atoms with Crippen molar-refractivity contribution in [3.8, 4) is 0 Å². The van der Waals surface area contributed by atoms with E-state index in [9.17, 15) is 10.2 Å². The van der Waals surface area contributed by atoms with Gasteiger partial charge >= 0.3 is 0 Å². The van der Waals surface area contributed by atoms with E-state index in [0.29, 0.717) is 0 Å². The van der Waals surface area contributed by atoms with Crippen molar-refractivity contribution in [3.63, 3.8) is 0 Å². The molecule has 0 aliphatic carbocycles. The van der Waals surface area contributed by atoms with Crippen LogP contribution >= 0.6 is 0 Å². The van der Waals surface area contributed by atoms with E-state index in [0.717, 1.165) is 12.8 Å². The Morgan fingerprint density at radius 3 is 2.42 bits per heavy atom. The second-order valence-electron chi connectivity index (χ2n) is 8.47. The summed E-state index contributed by atoms with van der Waals surface area (Å²) in [6, 6.07) is 10.4. The third-order valence-corrected chi connectivity index (χ3v) is 10.1. The van der Waals surface area contributed by atoms with Crippen LogP contribution in [0.1, 0.15) is 32.8 Å². The second kappa shape index (κ2) is 7.66. The van der Waals surface area contributed by atoms with Crippen molar-refractivity contribution in [2.75, 3.05) is 6.61 Å². The van der Waals surface area contributed by atoms with Gasteiger partial charge in [-0.3, -0.25) is 0 Å². The van der Waals surface area contributed by atoms with Gasteiger partial charge in [-0.05, 0) is 36.5 Å². The fraction of sp³-hybridized carbons (Fsp3) is 0.684. The topological polar surface area (TPSA) is 61.7 Å². The normalized spacial score (nSPS) is 26.5. The summed E-state index contributed by atoms with van der Waals surface area (Å²) in [7, 11) is -1.89. The number of aliphatic hydroxyl groups excluding tert-OH is 2. The van der Waals surface area contributed by atoms with E-state index in [1.165, 1.54) is 5.56 Å². The molecule has 0 bridgehead atoms. The second-order valence-corrected chi connectivity index (χ2v) is 13.2. The molecule has 4 nitrogen and oxygen atoms in total. The molecule has 136 valence electrons. The van der Waals surface area contributed by atoms with Gasteiger partial charge in [0, 0.05) is 12.1 Å². The summed E-state index contributed by atoms with van der Waals surface area (Å²) in [5.74, 6) is 0. The molecule has 0 amide bonds. The Hall–Kier alpha value is -0.723. The summed E-state index contributed by atoms with van der Waals surface area (Å²) in [6.07, 6.45) is 0.939. The molecule has 0 radical (unpaired) electrons. The molecule has 4 atom stereocenters. The fourth-order valence-corrected chi connectivity index (χ4v) is 4.38. The molecule has 5 heteroatoms. The minimum Gasteiger partial charge on any atom is -0.412 e. The van der Waals surface area contributed by atoms with Crippen molar-refractivity contribution in [2.45, 2.75) is 76.0 Å². The monoisotopic (exact) mass is 351 g/mol. The van der Waals surface area contributed by atoms with Crippen LogP contribution in [0.3, 0.4) is 0 Å².